The highest BCUT2D eigenvalue weighted by Gasteiger charge is 1.91. The van der Waals surface area contributed by atoms with Crippen LogP contribution in [0.3, 0.4) is 0 Å². The van der Waals surface area contributed by atoms with E-state index >= 15 is 0 Å². The number of benzene rings is 1. The molecule has 0 aliphatic heterocycles. The van der Waals surface area contributed by atoms with Gasteiger partial charge in [-0.05, 0) is 191 Å². The summed E-state index contributed by atoms with van der Waals surface area (Å²) in [7, 11) is 0. The minimum atomic E-state index is 1.01. The van der Waals surface area contributed by atoms with E-state index in [0.29, 0.717) is 0 Å². The molecule has 0 bridgehead atoms. The summed E-state index contributed by atoms with van der Waals surface area (Å²) >= 11 is 0. The van der Waals surface area contributed by atoms with Gasteiger partial charge in [-0.15, -0.1) is 0 Å². The van der Waals surface area contributed by atoms with Gasteiger partial charge in [0.1, 0.15) is 12.7 Å². The molecule has 7 aromatic heterocycles. The number of hydrogen-bond donors (Lipinski definition) is 0. The highest BCUT2D eigenvalue weighted by molar-refractivity contribution is 5.23. The Bertz CT molecular complexity index is 1820. The monoisotopic (exact) mass is 1340 g/mol. The highest BCUT2D eigenvalue weighted by Crippen LogP contribution is 2.04. The van der Waals surface area contributed by atoms with Crippen LogP contribution >= 0.6 is 0 Å². The Morgan fingerprint density at radius 3 is 0.490 bits per heavy atom. The summed E-state index contributed by atoms with van der Waals surface area (Å²) in [5, 5.41) is 0. The molecule has 10 heteroatoms. The molecule has 8 rings (SSSR count). The minimum absolute atomic E-state index is 1.01. The van der Waals surface area contributed by atoms with Gasteiger partial charge in [0.25, 0.3) is 0 Å². The van der Waals surface area contributed by atoms with Crippen molar-refractivity contribution in [1.29, 1.82) is 0 Å². The van der Waals surface area contributed by atoms with Crippen LogP contribution < -0.4 is 0 Å². The van der Waals surface area contributed by atoms with Crippen LogP contribution in [0.1, 0.15) is 311 Å². The molecule has 0 fully saturated rings. The third-order valence-electron chi connectivity index (χ3n) is 10.0. The maximum atomic E-state index is 4.08. The molecule has 560 valence electrons. The molecule has 1 aromatic carbocycles. The van der Waals surface area contributed by atoms with Crippen molar-refractivity contribution < 1.29 is 0 Å². The summed E-state index contributed by atoms with van der Waals surface area (Å²) in [5.74, 6) is 0. The molecule has 0 aliphatic rings. The zero-order chi connectivity index (χ0) is 79.9. The SMILES string of the molecule is CC.CC.CC.CC.CC.CC.CC.CC.CC.CC.CC.CC.CC.CC.CC.CC.Cc1ccccc1C.Cc1cccnc1C.Cc1cccnc1C.Cc1ccncc1C.Cc1ccncc1C.Cc1cncnc1C.Cc1cncnc1C.Cc1nccnc1C. The summed E-state index contributed by atoms with van der Waals surface area (Å²) in [5.41, 5.74) is 19.0. The van der Waals surface area contributed by atoms with Gasteiger partial charge in [-0.3, -0.25) is 29.9 Å². The first-order valence-electron chi connectivity index (χ1n) is 37.2. The molecule has 8 aromatic rings. The molecular weight excluding hydrogens is 1170 g/mol. The topological polar surface area (TPSA) is 129 Å². The van der Waals surface area contributed by atoms with E-state index in [2.05, 4.69) is 142 Å². The van der Waals surface area contributed by atoms with E-state index in [-0.39, 0.29) is 0 Å². The summed E-state index contributed by atoms with van der Waals surface area (Å²) in [4.78, 5) is 39.7. The molecule has 0 N–H and O–H groups in total. The van der Waals surface area contributed by atoms with Crippen molar-refractivity contribution in [3.8, 4) is 0 Å². The third-order valence-corrected chi connectivity index (χ3v) is 10.0. The summed E-state index contributed by atoms with van der Waals surface area (Å²) in [6.07, 6.45) is 21.1. The van der Waals surface area contributed by atoms with Gasteiger partial charge in [0, 0.05) is 84.7 Å². The van der Waals surface area contributed by atoms with Crippen molar-refractivity contribution in [3.63, 3.8) is 0 Å². The second kappa shape index (κ2) is 125. The predicted octanol–water partition coefficient (Wildman–Crippen LogP) is 28.8. The van der Waals surface area contributed by atoms with Crippen LogP contribution in [0.25, 0.3) is 0 Å². The molecule has 0 saturated heterocycles. The number of nitrogens with zero attached hydrogens (tertiary/aromatic N) is 10. The number of aryl methyl sites for hydroxylation is 16. The van der Waals surface area contributed by atoms with Gasteiger partial charge in [-0.1, -0.05) is 258 Å². The number of pyridine rings is 4. The van der Waals surface area contributed by atoms with Crippen LogP contribution in [0.2, 0.25) is 0 Å². The van der Waals surface area contributed by atoms with E-state index in [1.54, 1.807) is 25.0 Å². The van der Waals surface area contributed by atoms with Crippen molar-refractivity contribution in [3.05, 3.63) is 225 Å². The van der Waals surface area contributed by atoms with Crippen LogP contribution in [0.5, 0.6) is 0 Å². The van der Waals surface area contributed by atoms with Crippen LogP contribution in [-0.2, 0) is 0 Å². The maximum Gasteiger partial charge on any atom is 0.115 e. The zero-order valence-electron chi connectivity index (χ0n) is 73.2. The van der Waals surface area contributed by atoms with E-state index in [4.69, 9.17) is 0 Å². The Morgan fingerprint density at radius 2 is 0.354 bits per heavy atom. The van der Waals surface area contributed by atoms with Crippen LogP contribution in [-0.4, -0.2) is 49.8 Å². The smallest absolute Gasteiger partial charge is 0.115 e. The second-order valence-corrected chi connectivity index (χ2v) is 15.1. The molecule has 0 saturated carbocycles. The fourth-order valence-corrected chi connectivity index (χ4v) is 4.28. The lowest BCUT2D eigenvalue weighted by atomic mass is 10.1. The Hall–Kier alpha value is -6.94. The van der Waals surface area contributed by atoms with Crippen LogP contribution in [0, 0.1) is 111 Å². The van der Waals surface area contributed by atoms with Crippen molar-refractivity contribution in [2.24, 2.45) is 0 Å². The fourth-order valence-electron chi connectivity index (χ4n) is 4.28. The lowest BCUT2D eigenvalue weighted by molar-refractivity contribution is 1.05. The van der Waals surface area contributed by atoms with Gasteiger partial charge < -0.3 is 0 Å². The Labute approximate surface area is 604 Å². The van der Waals surface area contributed by atoms with E-state index in [9.17, 15) is 0 Å². The third kappa shape index (κ3) is 98.1. The second-order valence-electron chi connectivity index (χ2n) is 15.1. The lowest BCUT2D eigenvalue weighted by Crippen LogP contribution is -1.87. The van der Waals surface area contributed by atoms with E-state index in [0.717, 1.165) is 45.3 Å². The van der Waals surface area contributed by atoms with Gasteiger partial charge in [0.2, 0.25) is 0 Å². The number of hydrogen-bond acceptors (Lipinski definition) is 10. The Kier molecular flexibility index (Phi) is 169. The van der Waals surface area contributed by atoms with Gasteiger partial charge in [0.05, 0.1) is 11.4 Å². The number of aromatic nitrogens is 10. The largest absolute Gasteiger partial charge is 0.264 e. The van der Waals surface area contributed by atoms with Crippen LogP contribution in [0.15, 0.2) is 135 Å². The minimum Gasteiger partial charge on any atom is -0.264 e. The standard InChI is InChI=1S/C8H10.4C7H9N.3C6H8N2.16C2H6/c1-7-5-3-4-6-8(7)2;2*1-6-3-4-8-5-7(6)2;2*1-6-4-3-5-8-7(6)2;2*1-5-3-7-4-8-6(5)2;1-5-6(2)8-4-3-7-5;16*1-2/h3-6H,1-2H3;4*3-5H,1-2H3;3*3-4H,1-2H3;16*1-2H3. The van der Waals surface area contributed by atoms with Gasteiger partial charge in [0.15, 0.2) is 0 Å². The molecule has 0 aliphatic carbocycles. The van der Waals surface area contributed by atoms with Gasteiger partial charge in [-0.25, -0.2) is 19.9 Å². The molecular formula is C86H166N10. The Balaban J connectivity index is -0.0000000513. The van der Waals surface area contributed by atoms with E-state index in [1.165, 1.54) is 44.5 Å². The highest BCUT2D eigenvalue weighted by atomic mass is 14.8. The molecule has 0 amide bonds. The zero-order valence-corrected chi connectivity index (χ0v) is 73.2. The first kappa shape index (κ1) is 129. The maximum absolute atomic E-state index is 4.08. The molecule has 0 spiro atoms. The first-order chi connectivity index (χ1) is 46.4. The molecule has 96 heavy (non-hydrogen) atoms. The van der Waals surface area contributed by atoms with Crippen molar-refractivity contribution >= 4 is 0 Å². The van der Waals surface area contributed by atoms with Crippen LogP contribution in [0.4, 0.5) is 0 Å². The molecule has 0 atom stereocenters. The average Bonchev–Trinajstić information content (AvgIpc) is 3.82. The molecule has 0 unspecified atom stereocenters. The lowest BCUT2D eigenvalue weighted by Gasteiger charge is -1.93. The molecule has 10 nitrogen and oxygen atoms in total. The van der Waals surface area contributed by atoms with E-state index in [1.807, 2.05) is 351 Å². The van der Waals surface area contributed by atoms with Crippen molar-refractivity contribution in [2.75, 3.05) is 0 Å². The van der Waals surface area contributed by atoms with Gasteiger partial charge in [-0.2, -0.15) is 0 Å². The molecule has 7 heterocycles. The predicted molar refractivity (Wildman–Crippen MR) is 447 cm³/mol. The van der Waals surface area contributed by atoms with Gasteiger partial charge >= 0.3 is 0 Å². The quantitative estimate of drug-likeness (QED) is 0.145. The fraction of sp³-hybridized carbons (Fsp3) is 0.558. The van der Waals surface area contributed by atoms with Crippen molar-refractivity contribution in [2.45, 2.75) is 332 Å². The normalized spacial score (nSPS) is 7.17. The Morgan fingerprint density at radius 1 is 0.156 bits per heavy atom. The van der Waals surface area contributed by atoms with E-state index < -0.39 is 0 Å². The first-order valence-corrected chi connectivity index (χ1v) is 37.2. The summed E-state index contributed by atoms with van der Waals surface area (Å²) in [6.45, 7) is 96.5. The molecule has 0 radical (unpaired) electrons. The van der Waals surface area contributed by atoms with Crippen molar-refractivity contribution in [1.82, 2.24) is 49.8 Å². The average molecular weight is 1340 g/mol. The number of rotatable bonds is 0. The summed E-state index contributed by atoms with van der Waals surface area (Å²) < 4.78 is 0. The summed E-state index contributed by atoms with van der Waals surface area (Å²) in [6, 6.07) is 20.4.